The minimum absolute atomic E-state index is 0.0168. The van der Waals surface area contributed by atoms with Crippen LogP contribution in [0, 0.1) is 11.8 Å². The molecule has 6 heteroatoms. The van der Waals surface area contributed by atoms with Crippen LogP contribution in [0.1, 0.15) is 38.5 Å². The molecule has 0 saturated carbocycles. The van der Waals surface area contributed by atoms with Crippen LogP contribution in [0.2, 0.25) is 0 Å². The second kappa shape index (κ2) is 6.05. The van der Waals surface area contributed by atoms with E-state index in [1.807, 2.05) is 48.5 Å². The van der Waals surface area contributed by atoms with Crippen molar-refractivity contribution < 1.29 is 19.5 Å². The maximum absolute atomic E-state index is 13.7. The van der Waals surface area contributed by atoms with E-state index in [1.54, 1.807) is 6.07 Å². The van der Waals surface area contributed by atoms with Gasteiger partial charge in [-0.3, -0.25) is 9.59 Å². The largest absolute Gasteiger partial charge is 0.478 e. The highest BCUT2D eigenvalue weighted by Crippen LogP contribution is 2.65. The molecule has 5 nitrogen and oxygen atoms in total. The molecule has 1 fully saturated rings. The number of amides is 2. The summed E-state index contributed by atoms with van der Waals surface area (Å²) in [6, 6.07) is 21.4. The van der Waals surface area contributed by atoms with Crippen molar-refractivity contribution in [2.24, 2.45) is 11.8 Å². The summed E-state index contributed by atoms with van der Waals surface area (Å²) in [5, 5.41) is 9.35. The fourth-order valence-electron chi connectivity index (χ4n) is 5.71. The lowest BCUT2D eigenvalue weighted by atomic mass is 9.54. The average Bonchev–Trinajstić information content (AvgIpc) is 3.06. The van der Waals surface area contributed by atoms with Crippen LogP contribution in [0.25, 0.3) is 0 Å². The van der Waals surface area contributed by atoms with E-state index < -0.39 is 22.7 Å². The molecule has 3 aromatic carbocycles. The van der Waals surface area contributed by atoms with Gasteiger partial charge in [-0.05, 0) is 40.5 Å². The Bertz CT molecular complexity index is 1270. The van der Waals surface area contributed by atoms with Gasteiger partial charge < -0.3 is 5.11 Å². The molecule has 4 aliphatic rings. The van der Waals surface area contributed by atoms with Gasteiger partial charge in [-0.25, -0.2) is 9.69 Å². The normalized spacial score (nSPS) is 27.6. The van der Waals surface area contributed by atoms with Crippen molar-refractivity contribution in [3.8, 4) is 0 Å². The van der Waals surface area contributed by atoms with E-state index in [1.165, 1.54) is 18.2 Å². The zero-order valence-corrected chi connectivity index (χ0v) is 16.9. The minimum atomic E-state index is -1.15. The van der Waals surface area contributed by atoms with Crippen molar-refractivity contribution in [1.29, 1.82) is 0 Å². The monoisotopic (exact) mass is 429 g/mol. The van der Waals surface area contributed by atoms with Crippen LogP contribution in [0.5, 0.6) is 0 Å². The van der Waals surface area contributed by atoms with Gasteiger partial charge in [0.15, 0.2) is 0 Å². The molecule has 0 unspecified atom stereocenters. The number of carboxylic acids is 1. The Labute approximate surface area is 182 Å². The molecule has 2 amide bonds. The average molecular weight is 430 g/mol. The molecule has 7 rings (SSSR count). The first-order valence-electron chi connectivity index (χ1n) is 10.0. The lowest BCUT2D eigenvalue weighted by Gasteiger charge is -2.50. The lowest BCUT2D eigenvalue weighted by molar-refractivity contribution is -0.122. The van der Waals surface area contributed by atoms with E-state index in [4.69, 9.17) is 11.6 Å². The zero-order chi connectivity index (χ0) is 21.5. The Hall–Kier alpha value is -3.44. The fourth-order valence-corrected chi connectivity index (χ4v) is 6.28. The Morgan fingerprint density at radius 2 is 1.48 bits per heavy atom. The van der Waals surface area contributed by atoms with Gasteiger partial charge in [-0.1, -0.05) is 54.6 Å². The minimum Gasteiger partial charge on any atom is -0.478 e. The molecule has 31 heavy (non-hydrogen) atoms. The van der Waals surface area contributed by atoms with Crippen molar-refractivity contribution in [3.63, 3.8) is 0 Å². The van der Waals surface area contributed by atoms with E-state index in [9.17, 15) is 19.5 Å². The molecule has 3 aliphatic carbocycles. The summed E-state index contributed by atoms with van der Waals surface area (Å²) in [4.78, 5) is 38.8. The molecular formula is C25H16ClNO4. The molecule has 1 aliphatic heterocycles. The highest BCUT2D eigenvalue weighted by molar-refractivity contribution is 6.33. The van der Waals surface area contributed by atoms with Crippen LogP contribution in [0.15, 0.2) is 72.8 Å². The molecule has 0 aromatic heterocycles. The Morgan fingerprint density at radius 1 is 0.871 bits per heavy atom. The van der Waals surface area contributed by atoms with E-state index in [0.29, 0.717) is 0 Å². The van der Waals surface area contributed by atoms with Gasteiger partial charge in [0, 0.05) is 5.92 Å². The summed E-state index contributed by atoms with van der Waals surface area (Å²) in [5.74, 6) is -3.51. The van der Waals surface area contributed by atoms with Crippen molar-refractivity contribution >= 4 is 35.1 Å². The van der Waals surface area contributed by atoms with Gasteiger partial charge in [0.1, 0.15) is 4.87 Å². The smallest absolute Gasteiger partial charge is 0.335 e. The summed E-state index contributed by atoms with van der Waals surface area (Å²) in [7, 11) is 0. The molecule has 0 spiro atoms. The summed E-state index contributed by atoms with van der Waals surface area (Å²) in [6.07, 6.45) is 0. The molecule has 2 bridgehead atoms. The number of hydrogen-bond acceptors (Lipinski definition) is 3. The number of imide groups is 1. The summed E-state index contributed by atoms with van der Waals surface area (Å²) in [5.41, 5.74) is 3.95. The Kier molecular flexibility index (Phi) is 3.58. The molecule has 3 aromatic rings. The number of nitrogens with zero attached hydrogens (tertiary/aromatic N) is 1. The van der Waals surface area contributed by atoms with Crippen molar-refractivity contribution in [2.75, 3.05) is 4.90 Å². The van der Waals surface area contributed by atoms with Gasteiger partial charge in [0.2, 0.25) is 11.8 Å². The van der Waals surface area contributed by atoms with Crippen LogP contribution in [-0.2, 0) is 14.5 Å². The molecule has 1 saturated heterocycles. The van der Waals surface area contributed by atoms with Gasteiger partial charge in [-0.2, -0.15) is 0 Å². The Balaban J connectivity index is 1.58. The van der Waals surface area contributed by atoms with E-state index in [2.05, 4.69) is 0 Å². The first-order chi connectivity index (χ1) is 14.9. The van der Waals surface area contributed by atoms with Crippen LogP contribution in [0.3, 0.4) is 0 Å². The molecular weight excluding hydrogens is 414 g/mol. The molecule has 0 radical (unpaired) electrons. The van der Waals surface area contributed by atoms with Crippen LogP contribution in [-0.4, -0.2) is 22.9 Å². The first-order valence-corrected chi connectivity index (χ1v) is 10.4. The number of carbonyl (C=O) groups is 3. The zero-order valence-electron chi connectivity index (χ0n) is 16.2. The third kappa shape index (κ3) is 2.14. The summed E-state index contributed by atoms with van der Waals surface area (Å²) in [6.45, 7) is 0. The third-order valence-corrected chi connectivity index (χ3v) is 7.51. The molecule has 2 atom stereocenters. The number of aromatic carboxylic acids is 1. The molecule has 1 N–H and O–H groups in total. The van der Waals surface area contributed by atoms with E-state index in [-0.39, 0.29) is 29.0 Å². The summed E-state index contributed by atoms with van der Waals surface area (Å²) < 4.78 is 0. The lowest BCUT2D eigenvalue weighted by Crippen LogP contribution is -2.50. The number of anilines is 1. The van der Waals surface area contributed by atoms with Crippen molar-refractivity contribution in [3.05, 3.63) is 101 Å². The SMILES string of the molecule is O=C(O)c1cccc(N2C(=O)[C@@H]3C4c5ccccc5C(Cl)(c5ccccc54)[C@@H]3C2=O)c1. The van der Waals surface area contributed by atoms with E-state index in [0.717, 1.165) is 27.2 Å². The third-order valence-electron chi connectivity index (χ3n) is 6.87. The molecule has 1 heterocycles. The first kappa shape index (κ1) is 18.3. The number of carboxylic acid groups (broad SMARTS) is 1. The quantitative estimate of drug-likeness (QED) is 0.491. The predicted molar refractivity (Wildman–Crippen MR) is 114 cm³/mol. The molecule has 152 valence electrons. The summed E-state index contributed by atoms with van der Waals surface area (Å²) >= 11 is 7.36. The highest BCUT2D eigenvalue weighted by atomic mass is 35.5. The fraction of sp³-hybridized carbons (Fsp3) is 0.160. The van der Waals surface area contributed by atoms with Gasteiger partial charge in [0.05, 0.1) is 23.1 Å². The van der Waals surface area contributed by atoms with Crippen LogP contribution >= 0.6 is 11.6 Å². The Morgan fingerprint density at radius 3 is 2.10 bits per heavy atom. The van der Waals surface area contributed by atoms with Crippen LogP contribution < -0.4 is 4.90 Å². The van der Waals surface area contributed by atoms with Gasteiger partial charge in [-0.15, -0.1) is 11.6 Å². The van der Waals surface area contributed by atoms with Gasteiger partial charge >= 0.3 is 5.97 Å². The predicted octanol–water partition coefficient (Wildman–Crippen LogP) is 4.13. The van der Waals surface area contributed by atoms with Crippen molar-refractivity contribution in [1.82, 2.24) is 0 Å². The van der Waals surface area contributed by atoms with Crippen LogP contribution in [0.4, 0.5) is 5.69 Å². The van der Waals surface area contributed by atoms with Gasteiger partial charge in [0.25, 0.3) is 0 Å². The number of halogens is 1. The second-order valence-corrected chi connectivity index (χ2v) is 8.83. The number of benzene rings is 3. The maximum atomic E-state index is 13.7. The number of carbonyl (C=O) groups excluding carboxylic acids is 2. The second-order valence-electron chi connectivity index (χ2n) is 8.23. The standard InChI is InChI=1S/C25H16ClNO4/c26-25-17-10-3-1-8-15(17)19(16-9-2-4-11-18(16)25)20-21(25)23(29)27(22(20)28)14-7-5-6-13(12-14)24(30)31/h1-12,19-21H,(H,30,31)/t19?,20-,21+,25?/m1/s1. The maximum Gasteiger partial charge on any atom is 0.335 e. The number of rotatable bonds is 2. The van der Waals surface area contributed by atoms with Crippen molar-refractivity contribution in [2.45, 2.75) is 10.8 Å². The number of alkyl halides is 1. The highest BCUT2D eigenvalue weighted by Gasteiger charge is 2.67. The topological polar surface area (TPSA) is 74.7 Å². The number of hydrogen-bond donors (Lipinski definition) is 1. The van der Waals surface area contributed by atoms with E-state index >= 15 is 0 Å².